The maximum absolute atomic E-state index is 5.34. The SMILES string of the molecule is CCC1(CC)CCN(C(C)CNCc2ccco2)CC1. The Bertz CT molecular complexity index is 360. The maximum atomic E-state index is 5.34. The molecule has 2 heterocycles. The van der Waals surface area contributed by atoms with Gasteiger partial charge in [-0.05, 0) is 50.4 Å². The molecule has 1 saturated heterocycles. The fourth-order valence-electron chi connectivity index (χ4n) is 3.34. The molecule has 0 aliphatic carbocycles. The molecule has 1 N–H and O–H groups in total. The molecule has 1 aromatic rings. The zero-order chi connectivity index (χ0) is 14.4. The molecule has 1 aliphatic rings. The van der Waals surface area contributed by atoms with Crippen LogP contribution >= 0.6 is 0 Å². The highest BCUT2D eigenvalue weighted by atomic mass is 16.3. The molecule has 1 aromatic heterocycles. The van der Waals surface area contributed by atoms with Gasteiger partial charge in [-0.3, -0.25) is 4.90 Å². The lowest BCUT2D eigenvalue weighted by molar-refractivity contribution is 0.0707. The summed E-state index contributed by atoms with van der Waals surface area (Å²) in [5, 5.41) is 3.50. The van der Waals surface area contributed by atoms with Crippen molar-refractivity contribution in [2.45, 2.75) is 59.0 Å². The second kappa shape index (κ2) is 7.28. The van der Waals surface area contributed by atoms with Crippen molar-refractivity contribution in [3.63, 3.8) is 0 Å². The number of hydrogen-bond donors (Lipinski definition) is 1. The van der Waals surface area contributed by atoms with E-state index in [1.165, 1.54) is 38.8 Å². The monoisotopic (exact) mass is 278 g/mol. The van der Waals surface area contributed by atoms with Gasteiger partial charge < -0.3 is 9.73 Å². The third-order valence-corrected chi connectivity index (χ3v) is 5.30. The lowest BCUT2D eigenvalue weighted by atomic mass is 9.74. The van der Waals surface area contributed by atoms with Crippen LogP contribution in [0.1, 0.15) is 52.2 Å². The third kappa shape index (κ3) is 3.86. The number of hydrogen-bond acceptors (Lipinski definition) is 3. The second-order valence-corrected chi connectivity index (χ2v) is 6.30. The molecular formula is C17H30N2O. The number of piperidine rings is 1. The first kappa shape index (κ1) is 15.6. The Morgan fingerprint density at radius 3 is 2.55 bits per heavy atom. The largest absolute Gasteiger partial charge is 0.468 e. The molecule has 3 nitrogen and oxygen atoms in total. The highest BCUT2D eigenvalue weighted by Crippen LogP contribution is 2.38. The highest BCUT2D eigenvalue weighted by Gasteiger charge is 2.32. The van der Waals surface area contributed by atoms with E-state index in [9.17, 15) is 0 Å². The number of nitrogens with one attached hydrogen (secondary N) is 1. The van der Waals surface area contributed by atoms with Gasteiger partial charge in [0.1, 0.15) is 5.76 Å². The standard InChI is InChI=1S/C17H30N2O/c1-4-17(5-2)8-10-19(11-9-17)15(3)13-18-14-16-7-6-12-20-16/h6-7,12,15,18H,4-5,8-11,13-14H2,1-3H3. The topological polar surface area (TPSA) is 28.4 Å². The van der Waals surface area contributed by atoms with Gasteiger partial charge in [-0.1, -0.05) is 26.7 Å². The van der Waals surface area contributed by atoms with E-state index < -0.39 is 0 Å². The average Bonchev–Trinajstić information content (AvgIpc) is 3.00. The minimum absolute atomic E-state index is 0.608. The number of likely N-dealkylation sites (tertiary alicyclic amines) is 1. The fourth-order valence-corrected chi connectivity index (χ4v) is 3.34. The van der Waals surface area contributed by atoms with Crippen LogP contribution in [0.25, 0.3) is 0 Å². The Kier molecular flexibility index (Phi) is 5.67. The molecule has 1 atom stereocenters. The molecule has 2 rings (SSSR count). The summed E-state index contributed by atoms with van der Waals surface area (Å²) in [7, 11) is 0. The van der Waals surface area contributed by atoms with Crippen molar-refractivity contribution in [1.29, 1.82) is 0 Å². The lowest BCUT2D eigenvalue weighted by Crippen LogP contribution is -2.47. The minimum Gasteiger partial charge on any atom is -0.468 e. The van der Waals surface area contributed by atoms with Crippen LogP contribution in [0, 0.1) is 5.41 Å². The van der Waals surface area contributed by atoms with Crippen molar-refractivity contribution in [2.24, 2.45) is 5.41 Å². The third-order valence-electron chi connectivity index (χ3n) is 5.30. The molecule has 0 aromatic carbocycles. The van der Waals surface area contributed by atoms with Crippen molar-refractivity contribution in [1.82, 2.24) is 10.2 Å². The Balaban J connectivity index is 1.70. The molecule has 1 aliphatic heterocycles. The minimum atomic E-state index is 0.608. The van der Waals surface area contributed by atoms with Crippen molar-refractivity contribution in [2.75, 3.05) is 19.6 Å². The highest BCUT2D eigenvalue weighted by molar-refractivity contribution is 4.97. The fraction of sp³-hybridized carbons (Fsp3) is 0.765. The van der Waals surface area contributed by atoms with E-state index in [0.29, 0.717) is 11.5 Å². The van der Waals surface area contributed by atoms with Crippen LogP contribution < -0.4 is 5.32 Å². The summed E-state index contributed by atoms with van der Waals surface area (Å²) in [5.74, 6) is 1.02. The van der Waals surface area contributed by atoms with E-state index in [0.717, 1.165) is 18.8 Å². The van der Waals surface area contributed by atoms with Crippen LogP contribution in [0.5, 0.6) is 0 Å². The summed E-state index contributed by atoms with van der Waals surface area (Å²) in [4.78, 5) is 2.64. The molecule has 1 fully saturated rings. The van der Waals surface area contributed by atoms with Gasteiger partial charge in [-0.25, -0.2) is 0 Å². The van der Waals surface area contributed by atoms with Gasteiger partial charge in [0.25, 0.3) is 0 Å². The molecule has 0 bridgehead atoms. The predicted octanol–water partition coefficient (Wildman–Crippen LogP) is 3.66. The predicted molar refractivity (Wildman–Crippen MR) is 83.7 cm³/mol. The van der Waals surface area contributed by atoms with Crippen LogP contribution in [0.15, 0.2) is 22.8 Å². The number of rotatable bonds is 7. The van der Waals surface area contributed by atoms with Gasteiger partial charge in [-0.2, -0.15) is 0 Å². The first-order valence-electron chi connectivity index (χ1n) is 8.16. The van der Waals surface area contributed by atoms with E-state index in [1.54, 1.807) is 6.26 Å². The zero-order valence-electron chi connectivity index (χ0n) is 13.3. The summed E-state index contributed by atoms with van der Waals surface area (Å²) < 4.78 is 5.34. The molecule has 1 unspecified atom stereocenters. The van der Waals surface area contributed by atoms with Crippen LogP contribution in [0.3, 0.4) is 0 Å². The van der Waals surface area contributed by atoms with Gasteiger partial charge in [0.2, 0.25) is 0 Å². The van der Waals surface area contributed by atoms with E-state index in [4.69, 9.17) is 4.42 Å². The number of nitrogens with zero attached hydrogens (tertiary/aromatic N) is 1. The van der Waals surface area contributed by atoms with Gasteiger partial charge in [0, 0.05) is 12.6 Å². The summed E-state index contributed by atoms with van der Waals surface area (Å²) in [6, 6.07) is 4.58. The van der Waals surface area contributed by atoms with Gasteiger partial charge in [-0.15, -0.1) is 0 Å². The summed E-state index contributed by atoms with van der Waals surface area (Å²) in [6.45, 7) is 11.4. The van der Waals surface area contributed by atoms with E-state index >= 15 is 0 Å². The van der Waals surface area contributed by atoms with E-state index in [2.05, 4.69) is 31.0 Å². The van der Waals surface area contributed by atoms with Gasteiger partial charge in [0.05, 0.1) is 12.8 Å². The smallest absolute Gasteiger partial charge is 0.117 e. The molecule has 0 saturated carbocycles. The molecule has 20 heavy (non-hydrogen) atoms. The van der Waals surface area contributed by atoms with Crippen molar-refractivity contribution >= 4 is 0 Å². The van der Waals surface area contributed by atoms with Crippen LogP contribution in [-0.4, -0.2) is 30.6 Å². The summed E-state index contributed by atoms with van der Waals surface area (Å²) in [6.07, 6.45) is 7.14. The molecule has 0 spiro atoms. The molecule has 3 heteroatoms. The van der Waals surface area contributed by atoms with Crippen molar-refractivity contribution in [3.8, 4) is 0 Å². The quantitative estimate of drug-likeness (QED) is 0.825. The first-order valence-corrected chi connectivity index (χ1v) is 8.16. The van der Waals surface area contributed by atoms with Crippen LogP contribution in [0.4, 0.5) is 0 Å². The average molecular weight is 278 g/mol. The Morgan fingerprint density at radius 1 is 1.30 bits per heavy atom. The van der Waals surface area contributed by atoms with Crippen molar-refractivity contribution in [3.05, 3.63) is 24.2 Å². The normalized spacial score (nSPS) is 20.9. The van der Waals surface area contributed by atoms with Crippen LogP contribution in [0.2, 0.25) is 0 Å². The Labute approximate surface area is 123 Å². The van der Waals surface area contributed by atoms with Crippen molar-refractivity contribution < 1.29 is 4.42 Å². The molecule has 0 radical (unpaired) electrons. The van der Waals surface area contributed by atoms with E-state index in [1.807, 2.05) is 12.1 Å². The maximum Gasteiger partial charge on any atom is 0.117 e. The summed E-state index contributed by atoms with van der Waals surface area (Å²) in [5.41, 5.74) is 0.623. The van der Waals surface area contributed by atoms with E-state index in [-0.39, 0.29) is 0 Å². The van der Waals surface area contributed by atoms with Gasteiger partial charge in [0.15, 0.2) is 0 Å². The van der Waals surface area contributed by atoms with Crippen LogP contribution in [-0.2, 0) is 6.54 Å². The summed E-state index contributed by atoms with van der Waals surface area (Å²) >= 11 is 0. The zero-order valence-corrected chi connectivity index (χ0v) is 13.3. The lowest BCUT2D eigenvalue weighted by Gasteiger charge is -2.43. The Morgan fingerprint density at radius 2 is 2.00 bits per heavy atom. The number of furan rings is 1. The molecule has 114 valence electrons. The molecular weight excluding hydrogens is 248 g/mol. The van der Waals surface area contributed by atoms with Gasteiger partial charge >= 0.3 is 0 Å². The molecule has 0 amide bonds. The Hall–Kier alpha value is -0.800. The first-order chi connectivity index (χ1) is 9.69. The second-order valence-electron chi connectivity index (χ2n) is 6.30.